The smallest absolute Gasteiger partial charge is 0.195 e. The van der Waals surface area contributed by atoms with E-state index >= 15 is 0 Å². The van der Waals surface area contributed by atoms with Gasteiger partial charge in [-0.05, 0) is 24.1 Å². The molecule has 3 nitrogen and oxygen atoms in total. The van der Waals surface area contributed by atoms with Crippen molar-refractivity contribution < 1.29 is 4.42 Å². The molecule has 0 atom stereocenters. The summed E-state index contributed by atoms with van der Waals surface area (Å²) < 4.78 is 5.57. The zero-order valence-electron chi connectivity index (χ0n) is 10.3. The summed E-state index contributed by atoms with van der Waals surface area (Å²) in [5.74, 6) is 1.83. The van der Waals surface area contributed by atoms with Crippen LogP contribution >= 0.6 is 0 Å². The van der Waals surface area contributed by atoms with E-state index in [9.17, 15) is 0 Å². The van der Waals surface area contributed by atoms with Crippen molar-refractivity contribution in [3.8, 4) is 0 Å². The van der Waals surface area contributed by atoms with E-state index in [4.69, 9.17) is 10.2 Å². The van der Waals surface area contributed by atoms with Gasteiger partial charge < -0.3 is 15.1 Å². The van der Waals surface area contributed by atoms with Crippen molar-refractivity contribution in [3.63, 3.8) is 0 Å². The van der Waals surface area contributed by atoms with Gasteiger partial charge in [-0.2, -0.15) is 0 Å². The number of anilines is 1. The summed E-state index contributed by atoms with van der Waals surface area (Å²) in [7, 11) is 2.02. The maximum Gasteiger partial charge on any atom is 0.195 e. The van der Waals surface area contributed by atoms with Gasteiger partial charge in [-0.1, -0.05) is 24.3 Å². The molecule has 2 N–H and O–H groups in total. The van der Waals surface area contributed by atoms with Crippen molar-refractivity contribution in [1.29, 1.82) is 0 Å². The Morgan fingerprint density at radius 2 is 1.71 bits per heavy atom. The van der Waals surface area contributed by atoms with Crippen molar-refractivity contribution in [2.24, 2.45) is 5.73 Å². The largest absolute Gasteiger partial charge is 0.446 e. The van der Waals surface area contributed by atoms with Crippen molar-refractivity contribution in [2.75, 3.05) is 11.9 Å². The van der Waals surface area contributed by atoms with Crippen molar-refractivity contribution in [1.82, 2.24) is 0 Å². The minimum absolute atomic E-state index is 0.591. The molecule has 0 fully saturated rings. The maximum atomic E-state index is 5.57. The number of hydrogen-bond donors (Lipinski definition) is 1. The third kappa shape index (κ3) is 2.88. The number of rotatable bonds is 4. The second kappa shape index (κ2) is 5.06. The SMILES string of the molecule is Cc1ccc(N(C)Cc2ccc(CN)cc2)o1. The molecule has 1 aromatic carbocycles. The highest BCUT2D eigenvalue weighted by molar-refractivity contribution is 5.37. The van der Waals surface area contributed by atoms with E-state index in [0.717, 1.165) is 23.8 Å². The Bertz CT molecular complexity index is 473. The van der Waals surface area contributed by atoms with Crippen LogP contribution in [0, 0.1) is 6.92 Å². The van der Waals surface area contributed by atoms with Gasteiger partial charge in [-0.3, -0.25) is 0 Å². The Labute approximate surface area is 102 Å². The van der Waals surface area contributed by atoms with Crippen molar-refractivity contribution in [2.45, 2.75) is 20.0 Å². The Hall–Kier alpha value is -1.74. The number of furan rings is 1. The lowest BCUT2D eigenvalue weighted by Crippen LogP contribution is -2.15. The van der Waals surface area contributed by atoms with Crippen molar-refractivity contribution >= 4 is 5.88 Å². The normalized spacial score (nSPS) is 10.5. The van der Waals surface area contributed by atoms with E-state index in [2.05, 4.69) is 29.2 Å². The molecule has 0 aliphatic heterocycles. The third-order valence-corrected chi connectivity index (χ3v) is 2.78. The fraction of sp³-hybridized carbons (Fsp3) is 0.286. The van der Waals surface area contributed by atoms with Crippen LogP contribution in [0.25, 0.3) is 0 Å². The molecule has 0 saturated carbocycles. The third-order valence-electron chi connectivity index (χ3n) is 2.78. The summed E-state index contributed by atoms with van der Waals surface area (Å²) in [6.45, 7) is 3.37. The summed E-state index contributed by atoms with van der Waals surface area (Å²) in [6.07, 6.45) is 0. The van der Waals surface area contributed by atoms with Crippen molar-refractivity contribution in [3.05, 3.63) is 53.3 Å². The molecule has 0 saturated heterocycles. The summed E-state index contributed by atoms with van der Waals surface area (Å²) in [5.41, 5.74) is 7.98. The minimum Gasteiger partial charge on any atom is -0.446 e. The molecule has 3 heteroatoms. The van der Waals surface area contributed by atoms with E-state index in [1.807, 2.05) is 26.1 Å². The van der Waals surface area contributed by atoms with Gasteiger partial charge in [-0.15, -0.1) is 0 Å². The van der Waals surface area contributed by atoms with Crippen LogP contribution in [0.3, 0.4) is 0 Å². The lowest BCUT2D eigenvalue weighted by molar-refractivity contribution is 0.525. The van der Waals surface area contributed by atoms with Gasteiger partial charge in [0.05, 0.1) is 0 Å². The molecule has 0 amide bonds. The molecule has 0 aliphatic rings. The van der Waals surface area contributed by atoms with Gasteiger partial charge in [-0.25, -0.2) is 0 Å². The molecular formula is C14H18N2O. The molecule has 90 valence electrons. The number of hydrogen-bond acceptors (Lipinski definition) is 3. The lowest BCUT2D eigenvalue weighted by atomic mass is 10.1. The molecule has 0 radical (unpaired) electrons. The summed E-state index contributed by atoms with van der Waals surface area (Å²) in [6, 6.07) is 12.3. The van der Waals surface area contributed by atoms with Crippen LogP contribution in [0.4, 0.5) is 5.88 Å². The molecule has 17 heavy (non-hydrogen) atoms. The number of nitrogens with zero attached hydrogens (tertiary/aromatic N) is 1. The Kier molecular flexibility index (Phi) is 3.49. The van der Waals surface area contributed by atoms with Gasteiger partial charge in [0.2, 0.25) is 0 Å². The summed E-state index contributed by atoms with van der Waals surface area (Å²) >= 11 is 0. The Balaban J connectivity index is 2.04. The predicted octanol–water partition coefficient (Wildman–Crippen LogP) is 2.68. The molecule has 0 bridgehead atoms. The van der Waals surface area contributed by atoms with E-state index in [1.165, 1.54) is 5.56 Å². The fourth-order valence-electron chi connectivity index (χ4n) is 1.76. The molecular weight excluding hydrogens is 212 g/mol. The molecule has 2 aromatic rings. The van der Waals surface area contributed by atoms with Crippen LogP contribution in [0.5, 0.6) is 0 Å². The van der Waals surface area contributed by atoms with Gasteiger partial charge in [0.25, 0.3) is 0 Å². The Morgan fingerprint density at radius 1 is 1.06 bits per heavy atom. The number of nitrogens with two attached hydrogens (primary N) is 1. The summed E-state index contributed by atoms with van der Waals surface area (Å²) in [5, 5.41) is 0. The molecule has 0 spiro atoms. The summed E-state index contributed by atoms with van der Waals surface area (Å²) in [4.78, 5) is 2.09. The first kappa shape index (κ1) is 11.7. The van der Waals surface area contributed by atoms with E-state index in [0.29, 0.717) is 6.54 Å². The molecule has 0 aliphatic carbocycles. The predicted molar refractivity (Wildman–Crippen MR) is 69.9 cm³/mol. The van der Waals surface area contributed by atoms with Gasteiger partial charge in [0, 0.05) is 26.2 Å². The Morgan fingerprint density at radius 3 is 2.24 bits per heavy atom. The highest BCUT2D eigenvalue weighted by Crippen LogP contribution is 2.18. The van der Waals surface area contributed by atoms with Crippen LogP contribution in [0.15, 0.2) is 40.8 Å². The first-order chi connectivity index (χ1) is 8.19. The molecule has 1 heterocycles. The standard InChI is InChI=1S/C14H18N2O/c1-11-3-8-14(17-11)16(2)10-13-6-4-12(9-15)5-7-13/h3-8H,9-10,15H2,1-2H3. The highest BCUT2D eigenvalue weighted by Gasteiger charge is 2.05. The highest BCUT2D eigenvalue weighted by atomic mass is 16.4. The van der Waals surface area contributed by atoms with Crippen LogP contribution in [-0.2, 0) is 13.1 Å². The molecule has 0 unspecified atom stereocenters. The van der Waals surface area contributed by atoms with Crippen LogP contribution < -0.4 is 10.6 Å². The molecule has 2 rings (SSSR count). The van der Waals surface area contributed by atoms with Gasteiger partial charge >= 0.3 is 0 Å². The van der Waals surface area contributed by atoms with E-state index in [-0.39, 0.29) is 0 Å². The van der Waals surface area contributed by atoms with Crippen LogP contribution in [0.2, 0.25) is 0 Å². The fourth-order valence-corrected chi connectivity index (χ4v) is 1.76. The first-order valence-corrected chi connectivity index (χ1v) is 5.74. The zero-order chi connectivity index (χ0) is 12.3. The quantitative estimate of drug-likeness (QED) is 0.878. The number of benzene rings is 1. The zero-order valence-corrected chi connectivity index (χ0v) is 10.3. The van der Waals surface area contributed by atoms with E-state index < -0.39 is 0 Å². The van der Waals surface area contributed by atoms with Crippen LogP contribution in [0.1, 0.15) is 16.9 Å². The van der Waals surface area contributed by atoms with Gasteiger partial charge in [0.15, 0.2) is 5.88 Å². The topological polar surface area (TPSA) is 42.4 Å². The average Bonchev–Trinajstić information content (AvgIpc) is 2.77. The monoisotopic (exact) mass is 230 g/mol. The minimum atomic E-state index is 0.591. The average molecular weight is 230 g/mol. The van der Waals surface area contributed by atoms with Crippen LogP contribution in [-0.4, -0.2) is 7.05 Å². The second-order valence-corrected chi connectivity index (χ2v) is 4.26. The maximum absolute atomic E-state index is 5.57. The van der Waals surface area contributed by atoms with Gasteiger partial charge in [0.1, 0.15) is 5.76 Å². The second-order valence-electron chi connectivity index (χ2n) is 4.26. The number of aryl methyl sites for hydroxylation is 1. The molecule has 1 aromatic heterocycles. The lowest BCUT2D eigenvalue weighted by Gasteiger charge is -2.16. The van der Waals surface area contributed by atoms with E-state index in [1.54, 1.807) is 0 Å². The first-order valence-electron chi connectivity index (χ1n) is 5.74.